The number of fused-ring (bicyclic) bond motifs is 4. The molecule has 5 heteroatoms. The molecule has 126 valence electrons. The van der Waals surface area contributed by atoms with Gasteiger partial charge in [-0.25, -0.2) is 0 Å². The van der Waals surface area contributed by atoms with E-state index < -0.39 is 0 Å². The fourth-order valence-corrected chi connectivity index (χ4v) is 4.18. The molecule has 0 aliphatic carbocycles. The van der Waals surface area contributed by atoms with E-state index in [1.165, 1.54) is 10.9 Å². The zero-order chi connectivity index (χ0) is 17.0. The van der Waals surface area contributed by atoms with Gasteiger partial charge in [-0.15, -0.1) is 0 Å². The standard InChI is InChI=1S/C19H23N3O2/c1-4-11(2)21-10-17(23)22-12(3)18-14(9-16(22)19(21)24)13-7-5-6-8-15(13)20-18/h5-8,11-12,16,20H,4,9-10H2,1-3H3/t11-,12-,16+/m1/s1. The van der Waals surface area contributed by atoms with Crippen LogP contribution in [0.1, 0.15) is 44.5 Å². The fraction of sp³-hybridized carbons (Fsp3) is 0.474. The molecule has 1 aromatic carbocycles. The number of carbonyl (C=O) groups excluding carboxylic acids is 2. The smallest absolute Gasteiger partial charge is 0.246 e. The number of nitrogens with one attached hydrogen (secondary N) is 1. The molecule has 1 fully saturated rings. The number of amides is 2. The molecule has 3 atom stereocenters. The van der Waals surface area contributed by atoms with E-state index in [4.69, 9.17) is 0 Å². The van der Waals surface area contributed by atoms with Crippen LogP contribution in [0.3, 0.4) is 0 Å². The maximum Gasteiger partial charge on any atom is 0.246 e. The normalized spacial score (nSPS) is 25.0. The molecule has 3 heterocycles. The van der Waals surface area contributed by atoms with Crippen molar-refractivity contribution in [1.82, 2.24) is 14.8 Å². The number of benzene rings is 1. The number of H-pyrrole nitrogens is 1. The van der Waals surface area contributed by atoms with Crippen LogP contribution in [0.2, 0.25) is 0 Å². The van der Waals surface area contributed by atoms with Crippen molar-refractivity contribution in [2.75, 3.05) is 6.54 Å². The fourth-order valence-electron chi connectivity index (χ4n) is 4.18. The monoisotopic (exact) mass is 325 g/mol. The molecule has 1 N–H and O–H groups in total. The highest BCUT2D eigenvalue weighted by Crippen LogP contribution is 2.39. The van der Waals surface area contributed by atoms with E-state index in [1.54, 1.807) is 9.80 Å². The van der Waals surface area contributed by atoms with Crippen LogP contribution in [0.4, 0.5) is 0 Å². The quantitative estimate of drug-likeness (QED) is 0.923. The van der Waals surface area contributed by atoms with E-state index >= 15 is 0 Å². The van der Waals surface area contributed by atoms with Crippen molar-refractivity contribution in [2.45, 2.75) is 51.7 Å². The predicted octanol–water partition coefficient (Wildman–Crippen LogP) is 2.62. The number of nitrogens with zero attached hydrogens (tertiary/aromatic N) is 2. The molecule has 4 rings (SSSR count). The summed E-state index contributed by atoms with van der Waals surface area (Å²) < 4.78 is 0. The summed E-state index contributed by atoms with van der Waals surface area (Å²) in [7, 11) is 0. The number of rotatable bonds is 2. The summed E-state index contributed by atoms with van der Waals surface area (Å²) in [5, 5.41) is 1.17. The Hall–Kier alpha value is -2.30. The predicted molar refractivity (Wildman–Crippen MR) is 92.5 cm³/mol. The van der Waals surface area contributed by atoms with Crippen molar-refractivity contribution in [2.24, 2.45) is 0 Å². The number of piperazine rings is 1. The van der Waals surface area contributed by atoms with Crippen LogP contribution in [0.5, 0.6) is 0 Å². The van der Waals surface area contributed by atoms with Crippen molar-refractivity contribution in [3.05, 3.63) is 35.5 Å². The van der Waals surface area contributed by atoms with Crippen molar-refractivity contribution < 1.29 is 9.59 Å². The molecule has 1 aromatic heterocycles. The minimum Gasteiger partial charge on any atom is -0.356 e. The molecule has 5 nitrogen and oxygen atoms in total. The summed E-state index contributed by atoms with van der Waals surface area (Å²) in [6.45, 7) is 6.29. The summed E-state index contributed by atoms with van der Waals surface area (Å²) in [5.74, 6) is 0.142. The molecule has 1 saturated heterocycles. The topological polar surface area (TPSA) is 56.4 Å². The first-order chi connectivity index (χ1) is 11.5. The third-order valence-electron chi connectivity index (χ3n) is 5.70. The van der Waals surface area contributed by atoms with Crippen molar-refractivity contribution in [1.29, 1.82) is 0 Å². The summed E-state index contributed by atoms with van der Waals surface area (Å²) in [4.78, 5) is 32.8. The Bertz CT molecular complexity index is 825. The van der Waals surface area contributed by atoms with Crippen LogP contribution in [-0.4, -0.2) is 45.2 Å². The lowest BCUT2D eigenvalue weighted by molar-refractivity contribution is -0.161. The highest BCUT2D eigenvalue weighted by atomic mass is 16.2. The second-order valence-corrected chi connectivity index (χ2v) is 6.98. The Morgan fingerprint density at radius 2 is 2.04 bits per heavy atom. The van der Waals surface area contributed by atoms with Gasteiger partial charge in [0, 0.05) is 29.1 Å². The van der Waals surface area contributed by atoms with Crippen LogP contribution in [0.25, 0.3) is 10.9 Å². The first-order valence-electron chi connectivity index (χ1n) is 8.74. The van der Waals surface area contributed by atoms with Gasteiger partial charge in [-0.3, -0.25) is 9.59 Å². The van der Waals surface area contributed by atoms with Gasteiger partial charge < -0.3 is 14.8 Å². The molecule has 0 spiro atoms. The van der Waals surface area contributed by atoms with E-state index in [-0.39, 0.29) is 36.5 Å². The molecule has 0 unspecified atom stereocenters. The molecule has 2 aliphatic heterocycles. The Morgan fingerprint density at radius 3 is 2.79 bits per heavy atom. The van der Waals surface area contributed by atoms with Gasteiger partial charge >= 0.3 is 0 Å². The van der Waals surface area contributed by atoms with Gasteiger partial charge in [-0.1, -0.05) is 25.1 Å². The number of carbonyl (C=O) groups is 2. The van der Waals surface area contributed by atoms with E-state index in [2.05, 4.69) is 24.0 Å². The van der Waals surface area contributed by atoms with Gasteiger partial charge in [-0.2, -0.15) is 0 Å². The number of hydrogen-bond acceptors (Lipinski definition) is 2. The molecular weight excluding hydrogens is 302 g/mol. The molecular formula is C19H23N3O2. The largest absolute Gasteiger partial charge is 0.356 e. The molecule has 2 amide bonds. The Kier molecular flexibility index (Phi) is 3.41. The number of aromatic amines is 1. The second kappa shape index (κ2) is 5.36. The maximum absolute atomic E-state index is 13.0. The lowest BCUT2D eigenvalue weighted by atomic mass is 9.89. The van der Waals surface area contributed by atoms with Crippen molar-refractivity contribution >= 4 is 22.7 Å². The zero-order valence-electron chi connectivity index (χ0n) is 14.4. The Morgan fingerprint density at radius 1 is 1.29 bits per heavy atom. The third-order valence-corrected chi connectivity index (χ3v) is 5.70. The van der Waals surface area contributed by atoms with Crippen LogP contribution in [0, 0.1) is 0 Å². The van der Waals surface area contributed by atoms with Gasteiger partial charge in [-0.05, 0) is 31.9 Å². The van der Waals surface area contributed by atoms with Crippen LogP contribution < -0.4 is 0 Å². The average Bonchev–Trinajstić information content (AvgIpc) is 2.96. The lowest BCUT2D eigenvalue weighted by Crippen LogP contribution is -2.64. The number of hydrogen-bond donors (Lipinski definition) is 1. The molecule has 0 saturated carbocycles. The molecule has 2 aliphatic rings. The van der Waals surface area contributed by atoms with Crippen molar-refractivity contribution in [3.8, 4) is 0 Å². The summed E-state index contributed by atoms with van der Waals surface area (Å²) in [6, 6.07) is 7.80. The third kappa shape index (κ3) is 2.00. The van der Waals surface area contributed by atoms with E-state index in [0.29, 0.717) is 6.42 Å². The Balaban J connectivity index is 1.80. The van der Waals surface area contributed by atoms with E-state index in [9.17, 15) is 9.59 Å². The minimum atomic E-state index is -0.373. The molecule has 0 bridgehead atoms. The Labute approximate surface area is 141 Å². The van der Waals surface area contributed by atoms with Gasteiger partial charge in [0.05, 0.1) is 6.04 Å². The highest BCUT2D eigenvalue weighted by molar-refractivity contribution is 5.97. The first kappa shape index (κ1) is 15.2. The SMILES string of the molecule is CC[C@@H](C)N1CC(=O)N2[C@H](C)c3[nH]c4ccccc4c3C[C@H]2C1=O. The summed E-state index contributed by atoms with van der Waals surface area (Å²) in [5.41, 5.74) is 3.34. The van der Waals surface area contributed by atoms with Crippen LogP contribution >= 0.6 is 0 Å². The lowest BCUT2D eigenvalue weighted by Gasteiger charge is -2.47. The average molecular weight is 325 g/mol. The van der Waals surface area contributed by atoms with Gasteiger partial charge in [0.15, 0.2) is 0 Å². The highest BCUT2D eigenvalue weighted by Gasteiger charge is 2.46. The van der Waals surface area contributed by atoms with Crippen LogP contribution in [0.15, 0.2) is 24.3 Å². The van der Waals surface area contributed by atoms with Gasteiger partial charge in [0.2, 0.25) is 11.8 Å². The molecule has 24 heavy (non-hydrogen) atoms. The summed E-state index contributed by atoms with van der Waals surface area (Å²) >= 11 is 0. The van der Waals surface area contributed by atoms with Gasteiger partial charge in [0.1, 0.15) is 12.6 Å². The zero-order valence-corrected chi connectivity index (χ0v) is 14.4. The van der Waals surface area contributed by atoms with E-state index in [0.717, 1.165) is 17.6 Å². The van der Waals surface area contributed by atoms with Crippen molar-refractivity contribution in [3.63, 3.8) is 0 Å². The first-order valence-corrected chi connectivity index (χ1v) is 8.74. The number of aromatic nitrogens is 1. The van der Waals surface area contributed by atoms with Crippen LogP contribution in [-0.2, 0) is 16.0 Å². The van der Waals surface area contributed by atoms with Gasteiger partial charge in [0.25, 0.3) is 0 Å². The molecule has 2 aromatic rings. The minimum absolute atomic E-state index is 0.0525. The molecule has 0 radical (unpaired) electrons. The number of para-hydroxylation sites is 1. The second-order valence-electron chi connectivity index (χ2n) is 6.98. The summed E-state index contributed by atoms with van der Waals surface area (Å²) in [6.07, 6.45) is 1.46. The maximum atomic E-state index is 13.0. The van der Waals surface area contributed by atoms with E-state index in [1.807, 2.05) is 26.0 Å².